The van der Waals surface area contributed by atoms with E-state index in [4.69, 9.17) is 9.84 Å². The molecule has 1 unspecified atom stereocenters. The summed E-state index contributed by atoms with van der Waals surface area (Å²) < 4.78 is 30.3. The smallest absolute Gasteiger partial charge is 0.328 e. The fourth-order valence-electron chi connectivity index (χ4n) is 2.02. The number of carbonyl (C=O) groups is 2. The number of rotatable bonds is 3. The fourth-order valence-corrected chi connectivity index (χ4v) is 2.02. The number of morpholine rings is 1. The largest absolute Gasteiger partial charge is 0.480 e. The van der Waals surface area contributed by atoms with E-state index in [-0.39, 0.29) is 30.9 Å². The maximum atomic E-state index is 12.6. The van der Waals surface area contributed by atoms with Crippen LogP contribution in [-0.2, 0) is 9.53 Å². The van der Waals surface area contributed by atoms with E-state index in [1.54, 1.807) is 0 Å². The molecule has 1 N–H and O–H groups in total. The number of benzene rings is 1. The van der Waals surface area contributed by atoms with Crippen LogP contribution in [0.2, 0.25) is 0 Å². The van der Waals surface area contributed by atoms with Gasteiger partial charge >= 0.3 is 5.97 Å². The number of nitrogens with zero attached hydrogens (tertiary/aromatic N) is 1. The third-order valence-corrected chi connectivity index (χ3v) is 3.06. The highest BCUT2D eigenvalue weighted by molar-refractivity contribution is 5.97. The van der Waals surface area contributed by atoms with Crippen molar-refractivity contribution in [3.05, 3.63) is 35.4 Å². The zero-order valence-corrected chi connectivity index (χ0v) is 10.5. The predicted octanol–water partition coefficient (Wildman–Crippen LogP) is 1.55. The van der Waals surface area contributed by atoms with Gasteiger partial charge in [0.1, 0.15) is 0 Å². The summed E-state index contributed by atoms with van der Waals surface area (Å²) in [7, 11) is 0. The minimum absolute atomic E-state index is 0.0518. The second-order valence-corrected chi connectivity index (χ2v) is 4.35. The molecule has 0 aromatic heterocycles. The van der Waals surface area contributed by atoms with E-state index in [2.05, 4.69) is 0 Å². The van der Waals surface area contributed by atoms with Crippen LogP contribution in [0.3, 0.4) is 0 Å². The van der Waals surface area contributed by atoms with Crippen molar-refractivity contribution in [3.8, 4) is 0 Å². The van der Waals surface area contributed by atoms with Crippen LogP contribution in [0.25, 0.3) is 0 Å². The number of carbonyl (C=O) groups excluding carboxylic acids is 1. The Hall–Kier alpha value is -2.02. The third-order valence-electron chi connectivity index (χ3n) is 3.06. The molecular weight excluding hydrogens is 272 g/mol. The van der Waals surface area contributed by atoms with Gasteiger partial charge in [-0.25, -0.2) is 13.6 Å². The lowest BCUT2D eigenvalue weighted by atomic mass is 10.1. The molecule has 1 aromatic carbocycles. The molecule has 1 fully saturated rings. The van der Waals surface area contributed by atoms with E-state index in [9.17, 15) is 18.4 Å². The Bertz CT molecular complexity index is 521. The van der Waals surface area contributed by atoms with Crippen molar-refractivity contribution < 1.29 is 28.2 Å². The Morgan fingerprint density at radius 2 is 2.15 bits per heavy atom. The van der Waals surface area contributed by atoms with E-state index in [1.165, 1.54) is 18.2 Å². The summed E-state index contributed by atoms with van der Waals surface area (Å²) in [6.07, 6.45) is -2.68. The molecule has 7 heteroatoms. The number of hydrogen-bond donors (Lipinski definition) is 1. The number of aliphatic carboxylic acids is 1. The molecule has 0 radical (unpaired) electrons. The van der Waals surface area contributed by atoms with Gasteiger partial charge in [0.15, 0.2) is 6.04 Å². The Morgan fingerprint density at radius 1 is 1.40 bits per heavy atom. The topological polar surface area (TPSA) is 66.8 Å². The molecular formula is C13H13F2NO4. The number of alkyl halides is 2. The first kappa shape index (κ1) is 14.4. The van der Waals surface area contributed by atoms with Crippen LogP contribution in [0, 0.1) is 0 Å². The molecule has 0 saturated carbocycles. The summed E-state index contributed by atoms with van der Waals surface area (Å²) in [6.45, 7) is 0.244. The van der Waals surface area contributed by atoms with Crippen LogP contribution in [0.5, 0.6) is 0 Å². The summed E-state index contributed by atoms with van der Waals surface area (Å²) in [5.74, 6) is -1.76. The number of carboxylic acids is 1. The molecule has 1 amide bonds. The van der Waals surface area contributed by atoms with E-state index < -0.39 is 24.3 Å². The summed E-state index contributed by atoms with van der Waals surface area (Å²) in [5.41, 5.74) is -0.216. The SMILES string of the molecule is O=C(O)C1COCCN1C(=O)c1cccc(C(F)F)c1. The number of hydrogen-bond acceptors (Lipinski definition) is 3. The van der Waals surface area contributed by atoms with Gasteiger partial charge in [-0.15, -0.1) is 0 Å². The highest BCUT2D eigenvalue weighted by Gasteiger charge is 2.33. The summed E-state index contributed by atoms with van der Waals surface area (Å²) >= 11 is 0. The van der Waals surface area contributed by atoms with Crippen molar-refractivity contribution in [2.75, 3.05) is 19.8 Å². The Morgan fingerprint density at radius 3 is 2.80 bits per heavy atom. The minimum Gasteiger partial charge on any atom is -0.480 e. The Balaban J connectivity index is 2.25. The van der Waals surface area contributed by atoms with Gasteiger partial charge in [0.05, 0.1) is 13.2 Å². The summed E-state index contributed by atoms with van der Waals surface area (Å²) in [5, 5.41) is 9.05. The molecule has 0 aliphatic carbocycles. The quantitative estimate of drug-likeness (QED) is 0.915. The lowest BCUT2D eigenvalue weighted by molar-refractivity contribution is -0.147. The first-order valence-electron chi connectivity index (χ1n) is 6.00. The van der Waals surface area contributed by atoms with Gasteiger partial charge in [-0.3, -0.25) is 4.79 Å². The van der Waals surface area contributed by atoms with Crippen molar-refractivity contribution in [2.45, 2.75) is 12.5 Å². The van der Waals surface area contributed by atoms with E-state index in [1.807, 2.05) is 0 Å². The number of halogens is 2. The number of ether oxygens (including phenoxy) is 1. The van der Waals surface area contributed by atoms with Crippen LogP contribution >= 0.6 is 0 Å². The molecule has 1 saturated heterocycles. The van der Waals surface area contributed by atoms with Crippen molar-refractivity contribution >= 4 is 11.9 Å². The van der Waals surface area contributed by atoms with Gasteiger partial charge < -0.3 is 14.7 Å². The van der Waals surface area contributed by atoms with E-state index in [0.29, 0.717) is 0 Å². The normalized spacial score (nSPS) is 19.1. The lowest BCUT2D eigenvalue weighted by Crippen LogP contribution is -2.52. The van der Waals surface area contributed by atoms with Crippen LogP contribution in [-0.4, -0.2) is 47.7 Å². The Labute approximate surface area is 113 Å². The molecule has 5 nitrogen and oxygen atoms in total. The zero-order valence-electron chi connectivity index (χ0n) is 10.5. The van der Waals surface area contributed by atoms with Gasteiger partial charge in [0, 0.05) is 17.7 Å². The van der Waals surface area contributed by atoms with E-state index >= 15 is 0 Å². The van der Waals surface area contributed by atoms with Crippen LogP contribution in [0.15, 0.2) is 24.3 Å². The minimum atomic E-state index is -2.68. The fraction of sp³-hybridized carbons (Fsp3) is 0.385. The van der Waals surface area contributed by atoms with Gasteiger partial charge in [-0.2, -0.15) is 0 Å². The van der Waals surface area contributed by atoms with Crippen molar-refractivity contribution in [3.63, 3.8) is 0 Å². The molecule has 1 heterocycles. The second-order valence-electron chi connectivity index (χ2n) is 4.35. The second kappa shape index (κ2) is 5.96. The molecule has 2 rings (SSSR count). The predicted molar refractivity (Wildman–Crippen MR) is 64.7 cm³/mol. The molecule has 1 aromatic rings. The third kappa shape index (κ3) is 2.93. The maximum Gasteiger partial charge on any atom is 0.328 e. The lowest BCUT2D eigenvalue weighted by Gasteiger charge is -2.32. The maximum absolute atomic E-state index is 12.6. The van der Waals surface area contributed by atoms with Gasteiger partial charge in [0.2, 0.25) is 0 Å². The summed E-state index contributed by atoms with van der Waals surface area (Å²) in [4.78, 5) is 24.5. The molecule has 0 bridgehead atoms. The first-order valence-corrected chi connectivity index (χ1v) is 6.00. The zero-order chi connectivity index (χ0) is 14.7. The Kier molecular flexibility index (Phi) is 4.29. The molecule has 108 valence electrons. The monoisotopic (exact) mass is 285 g/mol. The van der Waals surface area contributed by atoms with Crippen molar-refractivity contribution in [2.24, 2.45) is 0 Å². The van der Waals surface area contributed by atoms with Gasteiger partial charge in [0.25, 0.3) is 12.3 Å². The molecule has 20 heavy (non-hydrogen) atoms. The average molecular weight is 285 g/mol. The summed E-state index contributed by atoms with van der Waals surface area (Å²) in [6, 6.07) is 3.95. The van der Waals surface area contributed by atoms with Crippen LogP contribution in [0.4, 0.5) is 8.78 Å². The number of carboxylic acid groups (broad SMARTS) is 1. The first-order chi connectivity index (χ1) is 9.50. The average Bonchev–Trinajstić information content (AvgIpc) is 2.46. The molecule has 1 aliphatic rings. The highest BCUT2D eigenvalue weighted by atomic mass is 19.3. The highest BCUT2D eigenvalue weighted by Crippen LogP contribution is 2.21. The van der Waals surface area contributed by atoms with Crippen LogP contribution in [0.1, 0.15) is 22.3 Å². The molecule has 0 spiro atoms. The van der Waals surface area contributed by atoms with Gasteiger partial charge in [-0.1, -0.05) is 12.1 Å². The van der Waals surface area contributed by atoms with Gasteiger partial charge in [-0.05, 0) is 12.1 Å². The van der Waals surface area contributed by atoms with Crippen LogP contribution < -0.4 is 0 Å². The van der Waals surface area contributed by atoms with Crippen molar-refractivity contribution in [1.29, 1.82) is 0 Å². The molecule has 1 aliphatic heterocycles. The van der Waals surface area contributed by atoms with E-state index in [0.717, 1.165) is 11.0 Å². The standard InChI is InChI=1S/C13H13F2NO4/c14-11(15)8-2-1-3-9(6-8)12(17)16-4-5-20-7-10(16)13(18)19/h1-3,6,10-11H,4-5,7H2,(H,18,19). The number of amides is 1. The molecule has 1 atom stereocenters. The van der Waals surface area contributed by atoms with Crippen molar-refractivity contribution in [1.82, 2.24) is 4.90 Å².